The summed E-state index contributed by atoms with van der Waals surface area (Å²) in [5.41, 5.74) is 4.66. The van der Waals surface area contributed by atoms with E-state index in [9.17, 15) is 9.59 Å². The number of ether oxygens (including phenoxy) is 7. The molecule has 6 rings (SSSR count). The van der Waals surface area contributed by atoms with E-state index in [-0.39, 0.29) is 38.9 Å². The molecular weight excluding hydrogens is 723 g/mol. The minimum Gasteiger partial charge on any atom is -0.433 e. The fourth-order valence-electron chi connectivity index (χ4n) is 6.77. The van der Waals surface area contributed by atoms with Crippen molar-refractivity contribution in [2.75, 3.05) is 6.61 Å². The molecular formula is C47H51NO9. The maximum absolute atomic E-state index is 13.2. The molecule has 7 atom stereocenters. The van der Waals surface area contributed by atoms with Crippen molar-refractivity contribution in [3.63, 3.8) is 0 Å². The van der Waals surface area contributed by atoms with Gasteiger partial charge in [0.25, 0.3) is 0 Å². The van der Waals surface area contributed by atoms with Crippen molar-refractivity contribution in [2.24, 2.45) is 0 Å². The number of amides is 1. The van der Waals surface area contributed by atoms with E-state index in [2.05, 4.69) is 5.32 Å². The van der Waals surface area contributed by atoms with Crippen molar-refractivity contribution < 1.29 is 42.7 Å². The normalized spacial score (nSPS) is 20.3. The maximum Gasteiger partial charge on any atom is 0.305 e. The van der Waals surface area contributed by atoms with Gasteiger partial charge < -0.3 is 38.5 Å². The SMILES string of the molecule is CC(=O)N[C@@H]1[C@@H](OCc2ccccc2)[C@H](OCc2ccccc2)[C@H](OC(C)=O)O[C@H]1[C@H](OCc1ccccc1)[C@@H](COCc1ccccc1)OCc1ccccc1. The lowest BCUT2D eigenvalue weighted by Crippen LogP contribution is -2.69. The fraction of sp³-hybridized carbons (Fsp3) is 0.319. The van der Waals surface area contributed by atoms with Gasteiger partial charge in [-0.1, -0.05) is 152 Å². The molecule has 1 aliphatic rings. The lowest BCUT2D eigenvalue weighted by atomic mass is 9.89. The average Bonchev–Trinajstić information content (AvgIpc) is 3.23. The summed E-state index contributed by atoms with van der Waals surface area (Å²) in [6, 6.07) is 47.9. The van der Waals surface area contributed by atoms with Gasteiger partial charge in [-0.2, -0.15) is 0 Å². The standard InChI is InChI=1S/C47H51NO9/c1-34(49)48-42-44(54-31-39-24-14-6-15-25-39)46(55-32-40-26-16-7-17-27-40)47(56-35(2)50)57-45(42)43(53-30-38-22-12-5-13-23-38)41(52-29-37-20-10-4-11-21-37)33-51-28-36-18-8-3-9-19-36/h3-27,41-47H,28-33H2,1-2H3,(H,48,49)/t41-,42-,43-,44-,45-,46+,47-/m1/s1. The summed E-state index contributed by atoms with van der Waals surface area (Å²) in [4.78, 5) is 26.0. The van der Waals surface area contributed by atoms with Gasteiger partial charge in [-0.15, -0.1) is 0 Å². The van der Waals surface area contributed by atoms with Crippen LogP contribution in [0.3, 0.4) is 0 Å². The predicted molar refractivity (Wildman–Crippen MR) is 214 cm³/mol. The molecule has 298 valence electrons. The zero-order valence-electron chi connectivity index (χ0n) is 32.4. The molecule has 0 aromatic heterocycles. The Kier molecular flexibility index (Phi) is 15.9. The number of hydrogen-bond acceptors (Lipinski definition) is 9. The fourth-order valence-corrected chi connectivity index (χ4v) is 6.77. The quantitative estimate of drug-likeness (QED) is 0.0813. The zero-order valence-corrected chi connectivity index (χ0v) is 32.4. The summed E-state index contributed by atoms with van der Waals surface area (Å²) in [5, 5.41) is 3.12. The van der Waals surface area contributed by atoms with Gasteiger partial charge in [0.2, 0.25) is 12.2 Å². The van der Waals surface area contributed by atoms with Crippen LogP contribution in [0.1, 0.15) is 41.7 Å². The van der Waals surface area contributed by atoms with E-state index in [4.69, 9.17) is 33.2 Å². The minimum absolute atomic E-state index is 0.107. The van der Waals surface area contributed by atoms with Gasteiger partial charge in [0.05, 0.1) is 45.7 Å². The molecule has 1 fully saturated rings. The van der Waals surface area contributed by atoms with Crippen LogP contribution in [0.5, 0.6) is 0 Å². The number of esters is 1. The van der Waals surface area contributed by atoms with Crippen molar-refractivity contribution in [3.05, 3.63) is 179 Å². The van der Waals surface area contributed by atoms with Crippen molar-refractivity contribution in [3.8, 4) is 0 Å². The molecule has 10 nitrogen and oxygen atoms in total. The van der Waals surface area contributed by atoms with Crippen LogP contribution in [0.25, 0.3) is 0 Å². The van der Waals surface area contributed by atoms with E-state index < -0.39 is 48.8 Å². The molecule has 0 saturated carbocycles. The summed E-state index contributed by atoms with van der Waals surface area (Å²) in [7, 11) is 0. The molecule has 0 unspecified atom stereocenters. The van der Waals surface area contributed by atoms with E-state index in [1.807, 2.05) is 152 Å². The van der Waals surface area contributed by atoms with Gasteiger partial charge in [-0.05, 0) is 27.8 Å². The summed E-state index contributed by atoms with van der Waals surface area (Å²) in [6.45, 7) is 3.96. The molecule has 1 N–H and O–H groups in total. The average molecular weight is 774 g/mol. The monoisotopic (exact) mass is 773 g/mol. The zero-order chi connectivity index (χ0) is 39.7. The predicted octanol–water partition coefficient (Wildman–Crippen LogP) is 7.34. The number of hydrogen-bond donors (Lipinski definition) is 1. The lowest BCUT2D eigenvalue weighted by molar-refractivity contribution is -0.309. The first-order valence-electron chi connectivity index (χ1n) is 19.3. The van der Waals surface area contributed by atoms with Crippen LogP contribution in [-0.4, -0.2) is 61.3 Å². The first-order chi connectivity index (χ1) is 27.9. The highest BCUT2D eigenvalue weighted by atomic mass is 16.7. The Morgan fingerprint density at radius 3 is 1.44 bits per heavy atom. The van der Waals surface area contributed by atoms with Crippen molar-refractivity contribution in [1.82, 2.24) is 5.32 Å². The number of carbonyl (C=O) groups excluding carboxylic acids is 2. The topological polar surface area (TPSA) is 111 Å². The van der Waals surface area contributed by atoms with Gasteiger partial charge in [0.15, 0.2) is 0 Å². The van der Waals surface area contributed by atoms with Crippen LogP contribution >= 0.6 is 0 Å². The maximum atomic E-state index is 13.2. The Bertz CT molecular complexity index is 1900. The van der Waals surface area contributed by atoms with E-state index in [0.29, 0.717) is 6.61 Å². The summed E-state index contributed by atoms with van der Waals surface area (Å²) < 4.78 is 45.9. The van der Waals surface area contributed by atoms with Gasteiger partial charge in [0, 0.05) is 13.8 Å². The Balaban J connectivity index is 1.40. The molecule has 5 aromatic rings. The number of carbonyl (C=O) groups is 2. The third-order valence-electron chi connectivity index (χ3n) is 9.49. The van der Waals surface area contributed by atoms with Crippen LogP contribution in [-0.2, 0) is 75.8 Å². The van der Waals surface area contributed by atoms with Crippen molar-refractivity contribution in [1.29, 1.82) is 0 Å². The lowest BCUT2D eigenvalue weighted by Gasteiger charge is -2.48. The molecule has 1 heterocycles. The van der Waals surface area contributed by atoms with Crippen LogP contribution < -0.4 is 5.32 Å². The highest BCUT2D eigenvalue weighted by Crippen LogP contribution is 2.33. The molecule has 1 amide bonds. The third-order valence-corrected chi connectivity index (χ3v) is 9.49. The van der Waals surface area contributed by atoms with E-state index in [0.717, 1.165) is 27.8 Å². The summed E-state index contributed by atoms with van der Waals surface area (Å²) >= 11 is 0. The molecule has 0 bridgehead atoms. The number of nitrogens with one attached hydrogen (secondary N) is 1. The Morgan fingerprint density at radius 1 is 0.561 bits per heavy atom. The van der Waals surface area contributed by atoms with Gasteiger partial charge in [-0.25, -0.2) is 0 Å². The highest BCUT2D eigenvalue weighted by Gasteiger charge is 2.53. The summed E-state index contributed by atoms with van der Waals surface area (Å²) in [5.74, 6) is -0.893. The summed E-state index contributed by atoms with van der Waals surface area (Å²) in [6.07, 6.45) is -5.71. The second-order valence-electron chi connectivity index (χ2n) is 13.9. The number of benzene rings is 5. The third kappa shape index (κ3) is 12.9. The van der Waals surface area contributed by atoms with E-state index >= 15 is 0 Å². The molecule has 5 aromatic carbocycles. The van der Waals surface area contributed by atoms with Crippen LogP contribution in [0.15, 0.2) is 152 Å². The molecule has 1 aliphatic heterocycles. The highest BCUT2D eigenvalue weighted by molar-refractivity contribution is 5.73. The molecule has 0 aliphatic carbocycles. The van der Waals surface area contributed by atoms with Gasteiger partial charge in [0.1, 0.15) is 30.5 Å². The Labute approximate surface area is 335 Å². The minimum atomic E-state index is -1.25. The van der Waals surface area contributed by atoms with Crippen molar-refractivity contribution in [2.45, 2.75) is 89.7 Å². The van der Waals surface area contributed by atoms with E-state index in [1.165, 1.54) is 13.8 Å². The molecule has 1 saturated heterocycles. The van der Waals surface area contributed by atoms with Crippen LogP contribution in [0.2, 0.25) is 0 Å². The Hall–Kier alpha value is -5.20. The second kappa shape index (κ2) is 21.9. The molecule has 57 heavy (non-hydrogen) atoms. The molecule has 0 spiro atoms. The van der Waals surface area contributed by atoms with E-state index in [1.54, 1.807) is 0 Å². The van der Waals surface area contributed by atoms with Gasteiger partial charge >= 0.3 is 5.97 Å². The smallest absolute Gasteiger partial charge is 0.305 e. The first kappa shape index (κ1) is 41.4. The van der Waals surface area contributed by atoms with Crippen molar-refractivity contribution >= 4 is 11.9 Å². The first-order valence-corrected chi connectivity index (χ1v) is 19.3. The second-order valence-corrected chi connectivity index (χ2v) is 13.9. The van der Waals surface area contributed by atoms with Crippen LogP contribution in [0.4, 0.5) is 0 Å². The van der Waals surface area contributed by atoms with Gasteiger partial charge in [-0.3, -0.25) is 9.59 Å². The molecule has 10 heteroatoms. The Morgan fingerprint density at radius 2 is 0.982 bits per heavy atom. The number of rotatable bonds is 20. The molecule has 0 radical (unpaired) electrons. The van der Waals surface area contributed by atoms with Crippen LogP contribution in [0, 0.1) is 0 Å². The largest absolute Gasteiger partial charge is 0.433 e.